The maximum atomic E-state index is 12.5. The molecule has 2 heterocycles. The van der Waals surface area contributed by atoms with E-state index in [0.29, 0.717) is 31.9 Å². The number of rotatable bonds is 4. The maximum Gasteiger partial charge on any atom is 0.246 e. The molecule has 0 aliphatic carbocycles. The summed E-state index contributed by atoms with van der Waals surface area (Å²) in [6, 6.07) is 17.4. The molecule has 2 N–H and O–H groups in total. The average Bonchev–Trinajstić information content (AvgIpc) is 3.15. The number of imidazole rings is 1. The molecule has 28 heavy (non-hydrogen) atoms. The van der Waals surface area contributed by atoms with Crippen molar-refractivity contribution in [2.75, 3.05) is 18.4 Å². The van der Waals surface area contributed by atoms with Crippen LogP contribution in [0.5, 0.6) is 0 Å². The second-order valence-electron chi connectivity index (χ2n) is 6.94. The number of amides is 2. The van der Waals surface area contributed by atoms with E-state index in [1.54, 1.807) is 11.0 Å². The quantitative estimate of drug-likeness (QED) is 0.687. The van der Waals surface area contributed by atoms with Crippen LogP contribution in [0.1, 0.15) is 18.4 Å². The number of nitrogens with one attached hydrogen (secondary N) is 2. The zero-order chi connectivity index (χ0) is 19.3. The molecule has 0 spiro atoms. The Morgan fingerprint density at radius 1 is 1.04 bits per heavy atom. The lowest BCUT2D eigenvalue weighted by Crippen LogP contribution is -2.40. The van der Waals surface area contributed by atoms with Gasteiger partial charge in [-0.25, -0.2) is 4.98 Å². The van der Waals surface area contributed by atoms with E-state index >= 15 is 0 Å². The molecule has 4 rings (SSSR count). The van der Waals surface area contributed by atoms with Crippen LogP contribution in [0.25, 0.3) is 17.1 Å². The van der Waals surface area contributed by atoms with Crippen molar-refractivity contribution < 1.29 is 9.59 Å². The fourth-order valence-corrected chi connectivity index (χ4v) is 3.43. The number of hydrogen-bond acceptors (Lipinski definition) is 3. The summed E-state index contributed by atoms with van der Waals surface area (Å²) in [7, 11) is 0. The molecule has 2 aromatic carbocycles. The minimum atomic E-state index is -0.115. The summed E-state index contributed by atoms with van der Waals surface area (Å²) < 4.78 is 0. The van der Waals surface area contributed by atoms with Crippen molar-refractivity contribution in [3.8, 4) is 0 Å². The number of hydrogen-bond donors (Lipinski definition) is 2. The molecule has 1 saturated heterocycles. The molecule has 0 atom stereocenters. The predicted molar refractivity (Wildman–Crippen MR) is 110 cm³/mol. The molecule has 142 valence electrons. The maximum absolute atomic E-state index is 12.5. The van der Waals surface area contributed by atoms with Gasteiger partial charge in [-0.1, -0.05) is 42.5 Å². The van der Waals surface area contributed by atoms with E-state index in [9.17, 15) is 9.59 Å². The zero-order valence-electron chi connectivity index (χ0n) is 15.5. The van der Waals surface area contributed by atoms with Crippen molar-refractivity contribution in [1.82, 2.24) is 14.9 Å². The van der Waals surface area contributed by atoms with Gasteiger partial charge in [-0.05, 0) is 36.6 Å². The third kappa shape index (κ3) is 4.11. The Morgan fingerprint density at radius 2 is 1.75 bits per heavy atom. The van der Waals surface area contributed by atoms with Gasteiger partial charge in [0.1, 0.15) is 0 Å². The molecule has 6 nitrogen and oxygen atoms in total. The number of carbonyl (C=O) groups is 2. The number of carbonyl (C=O) groups excluding carboxylic acids is 2. The number of nitrogens with zero attached hydrogens (tertiary/aromatic N) is 2. The fraction of sp³-hybridized carbons (Fsp3) is 0.227. The summed E-state index contributed by atoms with van der Waals surface area (Å²) >= 11 is 0. The molecule has 0 saturated carbocycles. The summed E-state index contributed by atoms with van der Waals surface area (Å²) in [5.41, 5.74) is 2.71. The van der Waals surface area contributed by atoms with Gasteiger partial charge in [-0.2, -0.15) is 0 Å². The largest absolute Gasteiger partial charge is 0.339 e. The number of aromatic nitrogens is 2. The van der Waals surface area contributed by atoms with E-state index in [4.69, 9.17) is 0 Å². The van der Waals surface area contributed by atoms with Crippen molar-refractivity contribution in [2.24, 2.45) is 5.92 Å². The van der Waals surface area contributed by atoms with Crippen LogP contribution in [0, 0.1) is 5.92 Å². The lowest BCUT2D eigenvalue weighted by atomic mass is 9.96. The number of aromatic amines is 1. The topological polar surface area (TPSA) is 78.1 Å². The van der Waals surface area contributed by atoms with E-state index in [0.717, 1.165) is 16.6 Å². The van der Waals surface area contributed by atoms with Gasteiger partial charge >= 0.3 is 0 Å². The minimum Gasteiger partial charge on any atom is -0.339 e. The first-order valence-electron chi connectivity index (χ1n) is 9.47. The van der Waals surface area contributed by atoms with Crippen molar-refractivity contribution >= 4 is 34.9 Å². The van der Waals surface area contributed by atoms with E-state index < -0.39 is 0 Å². The minimum absolute atomic E-state index is 0.0139. The first kappa shape index (κ1) is 18.0. The van der Waals surface area contributed by atoms with Gasteiger partial charge in [0.25, 0.3) is 0 Å². The van der Waals surface area contributed by atoms with Crippen LogP contribution in [0.15, 0.2) is 60.7 Å². The summed E-state index contributed by atoms with van der Waals surface area (Å²) in [5.74, 6) is 0.289. The molecule has 2 amide bonds. The predicted octanol–water partition coefficient (Wildman–Crippen LogP) is 3.45. The smallest absolute Gasteiger partial charge is 0.246 e. The molecular formula is C22H22N4O2. The van der Waals surface area contributed by atoms with Crippen molar-refractivity contribution in [3.05, 3.63) is 66.2 Å². The van der Waals surface area contributed by atoms with E-state index in [1.165, 1.54) is 0 Å². The Balaban J connectivity index is 1.30. The van der Waals surface area contributed by atoms with Crippen LogP contribution in [0.2, 0.25) is 0 Å². The Hall–Kier alpha value is -3.41. The molecule has 1 fully saturated rings. The van der Waals surface area contributed by atoms with Gasteiger partial charge in [0.05, 0.1) is 11.0 Å². The number of benzene rings is 2. The van der Waals surface area contributed by atoms with Crippen LogP contribution in [-0.4, -0.2) is 39.8 Å². The number of piperidine rings is 1. The van der Waals surface area contributed by atoms with Gasteiger partial charge in [-0.3, -0.25) is 14.9 Å². The van der Waals surface area contributed by atoms with Gasteiger partial charge in [-0.15, -0.1) is 0 Å². The summed E-state index contributed by atoms with van der Waals surface area (Å²) in [6.07, 6.45) is 4.72. The highest BCUT2D eigenvalue weighted by Crippen LogP contribution is 2.20. The SMILES string of the molecule is O=C(Nc1nc2ccccc2[nH]1)C1CCN(C(=O)C=Cc2ccccc2)CC1. The normalized spacial score (nSPS) is 15.2. The fourth-order valence-electron chi connectivity index (χ4n) is 3.43. The second kappa shape index (κ2) is 8.08. The monoisotopic (exact) mass is 374 g/mol. The van der Waals surface area contributed by atoms with Gasteiger partial charge in [0.2, 0.25) is 17.8 Å². The van der Waals surface area contributed by atoms with Crippen LogP contribution in [0.3, 0.4) is 0 Å². The highest BCUT2D eigenvalue weighted by Gasteiger charge is 2.27. The number of fused-ring (bicyclic) bond motifs is 1. The van der Waals surface area contributed by atoms with Crippen LogP contribution in [-0.2, 0) is 9.59 Å². The number of anilines is 1. The molecular weight excluding hydrogens is 352 g/mol. The molecule has 6 heteroatoms. The van der Waals surface area contributed by atoms with E-state index in [-0.39, 0.29) is 17.7 Å². The lowest BCUT2D eigenvalue weighted by Gasteiger charge is -2.30. The average molecular weight is 374 g/mol. The van der Waals surface area contributed by atoms with Gasteiger partial charge < -0.3 is 9.88 Å². The second-order valence-corrected chi connectivity index (χ2v) is 6.94. The zero-order valence-corrected chi connectivity index (χ0v) is 15.5. The standard InChI is InChI=1S/C22H22N4O2/c27-20(11-10-16-6-2-1-3-7-16)26-14-12-17(13-15-26)21(28)25-22-23-18-8-4-5-9-19(18)24-22/h1-11,17H,12-15H2,(H2,23,24,25,28). The van der Waals surface area contributed by atoms with Gasteiger partial charge in [0, 0.05) is 25.1 Å². The van der Waals surface area contributed by atoms with Crippen molar-refractivity contribution in [2.45, 2.75) is 12.8 Å². The van der Waals surface area contributed by atoms with Crippen molar-refractivity contribution in [1.29, 1.82) is 0 Å². The molecule has 3 aromatic rings. The number of likely N-dealkylation sites (tertiary alicyclic amines) is 1. The number of para-hydroxylation sites is 2. The van der Waals surface area contributed by atoms with Crippen LogP contribution in [0.4, 0.5) is 5.95 Å². The molecule has 1 aromatic heterocycles. The molecule has 0 unspecified atom stereocenters. The van der Waals surface area contributed by atoms with Crippen LogP contribution < -0.4 is 5.32 Å². The highest BCUT2D eigenvalue weighted by atomic mass is 16.2. The Morgan fingerprint density at radius 3 is 2.50 bits per heavy atom. The Labute approximate surface area is 163 Å². The molecule has 0 bridgehead atoms. The van der Waals surface area contributed by atoms with Gasteiger partial charge in [0.15, 0.2) is 0 Å². The van der Waals surface area contributed by atoms with E-state index in [2.05, 4.69) is 15.3 Å². The first-order valence-corrected chi connectivity index (χ1v) is 9.47. The highest BCUT2D eigenvalue weighted by molar-refractivity contribution is 5.94. The molecule has 1 aliphatic heterocycles. The Kier molecular flexibility index (Phi) is 5.19. The third-order valence-corrected chi connectivity index (χ3v) is 5.03. The Bertz CT molecular complexity index is 969. The summed E-state index contributed by atoms with van der Waals surface area (Å²) in [6.45, 7) is 1.16. The van der Waals surface area contributed by atoms with Crippen LogP contribution >= 0.6 is 0 Å². The third-order valence-electron chi connectivity index (χ3n) is 5.03. The summed E-state index contributed by atoms with van der Waals surface area (Å²) in [5, 5.41) is 2.87. The van der Waals surface area contributed by atoms with E-state index in [1.807, 2.05) is 60.7 Å². The lowest BCUT2D eigenvalue weighted by molar-refractivity contribution is -0.130. The summed E-state index contributed by atoms with van der Waals surface area (Å²) in [4.78, 5) is 34.2. The first-order chi connectivity index (χ1) is 13.7. The number of H-pyrrole nitrogens is 1. The molecule has 0 radical (unpaired) electrons. The van der Waals surface area contributed by atoms with Crippen molar-refractivity contribution in [3.63, 3.8) is 0 Å². The molecule has 1 aliphatic rings.